The number of carbonyl (C=O) groups excluding carboxylic acids is 1. The highest BCUT2D eigenvalue weighted by Gasteiger charge is 2.19. The predicted molar refractivity (Wildman–Crippen MR) is 107 cm³/mol. The maximum atomic E-state index is 14.4. The quantitative estimate of drug-likeness (QED) is 0.516. The molecule has 1 amide bonds. The lowest BCUT2D eigenvalue weighted by Gasteiger charge is -2.28. The van der Waals surface area contributed by atoms with Crippen molar-refractivity contribution >= 4 is 17.2 Å². The van der Waals surface area contributed by atoms with E-state index in [4.69, 9.17) is 0 Å². The van der Waals surface area contributed by atoms with E-state index in [1.54, 1.807) is 23.7 Å². The van der Waals surface area contributed by atoms with Crippen LogP contribution < -0.4 is 15.8 Å². The fraction of sp³-hybridized carbons (Fsp3) is 0.300. The Morgan fingerprint density at radius 1 is 1.38 bits per heavy atom. The molecule has 3 aromatic heterocycles. The minimum absolute atomic E-state index is 0.0575. The molecule has 0 aromatic carbocycles. The van der Waals surface area contributed by atoms with Gasteiger partial charge in [-0.3, -0.25) is 9.59 Å². The van der Waals surface area contributed by atoms with Gasteiger partial charge in [-0.25, -0.2) is 9.50 Å². The van der Waals surface area contributed by atoms with Crippen molar-refractivity contribution in [3.63, 3.8) is 0 Å². The molecule has 1 aliphatic rings. The van der Waals surface area contributed by atoms with Gasteiger partial charge in [0.2, 0.25) is 5.95 Å². The number of halogens is 1. The molecule has 0 radical (unpaired) electrons. The smallest absolute Gasteiger partial charge is 0.269 e. The topological polar surface area (TPSA) is 95.4 Å². The van der Waals surface area contributed by atoms with Gasteiger partial charge < -0.3 is 15.2 Å². The highest BCUT2D eigenvalue weighted by Crippen LogP contribution is 2.24. The Balaban J connectivity index is 1.47. The number of anilines is 1. The molecule has 0 saturated carbocycles. The zero-order chi connectivity index (χ0) is 20.5. The Bertz CT molecular complexity index is 1180. The molecule has 3 aromatic rings. The second-order valence-electron chi connectivity index (χ2n) is 7.05. The van der Waals surface area contributed by atoms with E-state index in [2.05, 4.69) is 26.5 Å². The Morgan fingerprint density at radius 2 is 2.21 bits per heavy atom. The van der Waals surface area contributed by atoms with Gasteiger partial charge in [0.05, 0.1) is 11.4 Å². The van der Waals surface area contributed by atoms with Gasteiger partial charge in [0.25, 0.3) is 11.5 Å². The first kappa shape index (κ1) is 18.9. The van der Waals surface area contributed by atoms with Crippen LogP contribution in [0.15, 0.2) is 40.8 Å². The van der Waals surface area contributed by atoms with E-state index in [0.717, 1.165) is 12.1 Å². The average molecular weight is 396 g/mol. The van der Waals surface area contributed by atoms with E-state index < -0.39 is 11.9 Å². The minimum atomic E-state index is -0.650. The van der Waals surface area contributed by atoms with E-state index in [1.165, 1.54) is 18.7 Å². The Kier molecular flexibility index (Phi) is 4.87. The number of aryl methyl sites for hydroxylation is 1. The minimum Gasteiger partial charge on any atom is -0.364 e. The van der Waals surface area contributed by atoms with Crippen molar-refractivity contribution in [2.24, 2.45) is 0 Å². The molecule has 4 heterocycles. The van der Waals surface area contributed by atoms with Gasteiger partial charge in [0.15, 0.2) is 0 Å². The van der Waals surface area contributed by atoms with Crippen LogP contribution in [0.3, 0.4) is 0 Å². The third-order valence-electron chi connectivity index (χ3n) is 5.04. The Hall–Kier alpha value is -3.49. The molecule has 0 bridgehead atoms. The summed E-state index contributed by atoms with van der Waals surface area (Å²) in [4.78, 5) is 31.8. The fourth-order valence-electron chi connectivity index (χ4n) is 3.42. The third-order valence-corrected chi connectivity index (χ3v) is 5.04. The number of carbonyl (C=O) groups is 1. The number of nitrogens with zero attached hydrogens (tertiary/aromatic N) is 4. The molecule has 8 nitrogen and oxygen atoms in total. The molecule has 0 unspecified atom stereocenters. The van der Waals surface area contributed by atoms with Gasteiger partial charge in [0, 0.05) is 44.4 Å². The van der Waals surface area contributed by atoms with E-state index in [0.29, 0.717) is 36.4 Å². The molecule has 9 heteroatoms. The first-order chi connectivity index (χ1) is 13.9. The van der Waals surface area contributed by atoms with Gasteiger partial charge in [-0.1, -0.05) is 11.6 Å². The number of aromatic amines is 1. The zero-order valence-electron chi connectivity index (χ0n) is 16.2. The van der Waals surface area contributed by atoms with Crippen LogP contribution in [0.5, 0.6) is 0 Å². The number of rotatable bonds is 4. The number of hydrogen-bond donors (Lipinski definition) is 2. The lowest BCUT2D eigenvalue weighted by Crippen LogP contribution is -2.30. The molecule has 2 N–H and O–H groups in total. The van der Waals surface area contributed by atoms with Crippen molar-refractivity contribution in [2.75, 3.05) is 25.0 Å². The molecule has 29 heavy (non-hydrogen) atoms. The Labute approximate surface area is 166 Å². The predicted octanol–water partition coefficient (Wildman–Crippen LogP) is 1.60. The van der Waals surface area contributed by atoms with Crippen LogP contribution in [0.2, 0.25) is 0 Å². The molecular formula is C20H21FN6O2. The van der Waals surface area contributed by atoms with E-state index in [1.807, 2.05) is 11.0 Å². The molecule has 0 spiro atoms. The van der Waals surface area contributed by atoms with Gasteiger partial charge in [-0.05, 0) is 25.5 Å². The van der Waals surface area contributed by atoms with Crippen LogP contribution in [0.1, 0.15) is 28.2 Å². The maximum Gasteiger partial charge on any atom is 0.269 e. The SMILES string of the molecule is CNC(=O)c1ccc(N2CC=C(Cc3cc4[nH]c(=O)c(C)cn4n3)CC2)c(F)n1. The molecule has 0 fully saturated rings. The van der Waals surface area contributed by atoms with Crippen molar-refractivity contribution in [1.82, 2.24) is 24.9 Å². The average Bonchev–Trinajstić information content (AvgIpc) is 3.09. The normalized spacial score (nSPS) is 14.2. The van der Waals surface area contributed by atoms with Crippen LogP contribution in [0.25, 0.3) is 5.65 Å². The van der Waals surface area contributed by atoms with E-state index >= 15 is 0 Å². The largest absolute Gasteiger partial charge is 0.364 e. The van der Waals surface area contributed by atoms with Crippen molar-refractivity contribution in [1.29, 1.82) is 0 Å². The summed E-state index contributed by atoms with van der Waals surface area (Å²) in [6.07, 6.45) is 5.22. The summed E-state index contributed by atoms with van der Waals surface area (Å²) in [5, 5.41) is 6.95. The van der Waals surface area contributed by atoms with Crippen LogP contribution in [0, 0.1) is 12.9 Å². The first-order valence-electron chi connectivity index (χ1n) is 9.34. The third kappa shape index (κ3) is 3.75. The number of aromatic nitrogens is 4. The zero-order valence-corrected chi connectivity index (χ0v) is 16.2. The van der Waals surface area contributed by atoms with Crippen LogP contribution in [-0.4, -0.2) is 45.6 Å². The highest BCUT2D eigenvalue weighted by molar-refractivity contribution is 5.92. The van der Waals surface area contributed by atoms with Gasteiger partial charge in [-0.15, -0.1) is 0 Å². The standard InChI is InChI=1S/C20H21FN6O2/c1-12-11-27-17(24-19(12)28)10-14(25-27)9-13-5-7-26(8-6-13)16-4-3-15(20(29)22-2)23-18(16)21/h3-5,10-11H,6-9H2,1-2H3,(H,22,29)(H,24,28). The highest BCUT2D eigenvalue weighted by atomic mass is 19.1. The van der Waals surface area contributed by atoms with Crippen molar-refractivity contribution in [3.05, 3.63) is 69.3 Å². The van der Waals surface area contributed by atoms with Gasteiger partial charge in [-0.2, -0.15) is 9.49 Å². The second kappa shape index (κ2) is 7.50. The van der Waals surface area contributed by atoms with E-state index in [9.17, 15) is 14.0 Å². The fourth-order valence-corrected chi connectivity index (χ4v) is 3.42. The van der Waals surface area contributed by atoms with Crippen LogP contribution >= 0.6 is 0 Å². The molecular weight excluding hydrogens is 375 g/mol. The lowest BCUT2D eigenvalue weighted by atomic mass is 10.0. The number of hydrogen-bond acceptors (Lipinski definition) is 5. The number of pyridine rings is 1. The van der Waals surface area contributed by atoms with Crippen molar-refractivity contribution in [2.45, 2.75) is 19.8 Å². The lowest BCUT2D eigenvalue weighted by molar-refractivity contribution is 0.0957. The number of nitrogens with one attached hydrogen (secondary N) is 2. The molecule has 0 aliphatic carbocycles. The number of fused-ring (bicyclic) bond motifs is 1. The maximum absolute atomic E-state index is 14.4. The van der Waals surface area contributed by atoms with Gasteiger partial charge >= 0.3 is 0 Å². The summed E-state index contributed by atoms with van der Waals surface area (Å²) < 4.78 is 16.0. The van der Waals surface area contributed by atoms with Crippen LogP contribution in [-0.2, 0) is 6.42 Å². The summed E-state index contributed by atoms with van der Waals surface area (Å²) in [6, 6.07) is 4.98. The summed E-state index contributed by atoms with van der Waals surface area (Å²) in [6.45, 7) is 2.94. The van der Waals surface area contributed by atoms with Crippen molar-refractivity contribution < 1.29 is 9.18 Å². The monoisotopic (exact) mass is 396 g/mol. The number of H-pyrrole nitrogens is 1. The Morgan fingerprint density at radius 3 is 2.90 bits per heavy atom. The summed E-state index contributed by atoms with van der Waals surface area (Å²) in [5.41, 5.74) is 3.67. The van der Waals surface area contributed by atoms with Gasteiger partial charge in [0.1, 0.15) is 11.3 Å². The molecule has 4 rings (SSSR count). The first-order valence-corrected chi connectivity index (χ1v) is 9.34. The summed E-state index contributed by atoms with van der Waals surface area (Å²) in [7, 11) is 1.48. The summed E-state index contributed by atoms with van der Waals surface area (Å²) >= 11 is 0. The van der Waals surface area contributed by atoms with E-state index in [-0.39, 0.29) is 11.3 Å². The molecule has 150 valence electrons. The molecule has 0 saturated heterocycles. The van der Waals surface area contributed by atoms with Crippen molar-refractivity contribution in [3.8, 4) is 0 Å². The second-order valence-corrected chi connectivity index (χ2v) is 7.05. The molecule has 0 atom stereocenters. The molecule has 1 aliphatic heterocycles. The summed E-state index contributed by atoms with van der Waals surface area (Å²) in [5.74, 6) is -1.07. The number of amides is 1. The van der Waals surface area contributed by atoms with Crippen LogP contribution in [0.4, 0.5) is 10.1 Å².